The molecule has 3 aromatic heterocycles. The van der Waals surface area contributed by atoms with Crippen LogP contribution < -0.4 is 9.47 Å². The van der Waals surface area contributed by atoms with Crippen molar-refractivity contribution in [3.05, 3.63) is 77.9 Å². The van der Waals surface area contributed by atoms with Crippen LogP contribution in [0.3, 0.4) is 0 Å². The van der Waals surface area contributed by atoms with Crippen molar-refractivity contribution < 1.29 is 9.47 Å². The molecule has 0 fully saturated rings. The van der Waals surface area contributed by atoms with Gasteiger partial charge in [0.25, 0.3) is 0 Å². The molecule has 3 heterocycles. The molecule has 5 rings (SSSR count). The summed E-state index contributed by atoms with van der Waals surface area (Å²) < 4.78 is 14.9. The van der Waals surface area contributed by atoms with Crippen LogP contribution >= 0.6 is 0 Å². The number of hydrogen-bond acceptors (Lipinski definition) is 3. The summed E-state index contributed by atoms with van der Waals surface area (Å²) in [6.07, 6.45) is 2.10. The highest BCUT2D eigenvalue weighted by Crippen LogP contribution is 2.35. The summed E-state index contributed by atoms with van der Waals surface area (Å²) >= 11 is 0. The van der Waals surface area contributed by atoms with Gasteiger partial charge in [-0.05, 0) is 68.8 Å². The average Bonchev–Trinajstić information content (AvgIpc) is 3.32. The molecular formula is C26H25N3O2. The molecule has 0 saturated heterocycles. The Kier molecular flexibility index (Phi) is 4.47. The number of rotatable bonds is 4. The molecule has 5 aromatic rings. The van der Waals surface area contributed by atoms with E-state index in [4.69, 9.17) is 14.6 Å². The monoisotopic (exact) mass is 411 g/mol. The molecule has 0 unspecified atom stereocenters. The average molecular weight is 412 g/mol. The lowest BCUT2D eigenvalue weighted by atomic mass is 10.1. The minimum atomic E-state index is 0.853. The molecular weight excluding hydrogens is 386 g/mol. The Labute approximate surface area is 181 Å². The maximum Gasteiger partial charge on any atom is 0.119 e. The van der Waals surface area contributed by atoms with Crippen LogP contribution in [0.5, 0.6) is 11.5 Å². The Morgan fingerprint density at radius 1 is 0.710 bits per heavy atom. The van der Waals surface area contributed by atoms with E-state index in [1.165, 1.54) is 22.2 Å². The highest BCUT2D eigenvalue weighted by atomic mass is 16.5. The second kappa shape index (κ2) is 7.20. The number of fused-ring (bicyclic) bond motifs is 3. The first kappa shape index (κ1) is 19.2. The van der Waals surface area contributed by atoms with Crippen LogP contribution in [0.25, 0.3) is 33.1 Å². The molecule has 0 N–H and O–H groups in total. The van der Waals surface area contributed by atoms with E-state index in [-0.39, 0.29) is 0 Å². The third kappa shape index (κ3) is 2.96. The summed E-state index contributed by atoms with van der Waals surface area (Å²) in [7, 11) is 3.37. The summed E-state index contributed by atoms with van der Waals surface area (Å²) in [5, 5.41) is 7.32. The SMILES string of the molecule is COc1ccc(-c2cc3c4c(C)n(-c5ccc(OC)cc5)c(C)c4c(C)nn3c2)cc1. The second-order valence-electron chi connectivity index (χ2n) is 7.83. The van der Waals surface area contributed by atoms with E-state index in [1.807, 2.05) is 28.8 Å². The molecule has 0 spiro atoms. The summed E-state index contributed by atoms with van der Waals surface area (Å²) in [4.78, 5) is 0. The van der Waals surface area contributed by atoms with Crippen molar-refractivity contribution >= 4 is 16.3 Å². The molecule has 0 aliphatic carbocycles. The number of ether oxygens (including phenoxy) is 2. The molecule has 0 saturated carbocycles. The van der Waals surface area contributed by atoms with Crippen LogP contribution in [0.4, 0.5) is 0 Å². The quantitative estimate of drug-likeness (QED) is 0.370. The third-order valence-electron chi connectivity index (χ3n) is 6.07. The number of methoxy groups -OCH3 is 2. The normalized spacial score (nSPS) is 11.4. The molecule has 0 atom stereocenters. The Balaban J connectivity index is 1.74. The Hall–Kier alpha value is -3.73. The Morgan fingerprint density at radius 2 is 1.29 bits per heavy atom. The molecule has 0 amide bonds. The van der Waals surface area contributed by atoms with Crippen molar-refractivity contribution in [2.24, 2.45) is 0 Å². The van der Waals surface area contributed by atoms with Gasteiger partial charge in [-0.15, -0.1) is 0 Å². The summed E-state index contributed by atoms with van der Waals surface area (Å²) in [5.41, 5.74) is 7.92. The smallest absolute Gasteiger partial charge is 0.119 e. The molecule has 0 aliphatic rings. The standard InChI is InChI=1S/C26H25N3O2/c1-16-25-17(2)29(21-8-12-23(31-5)13-9-21)18(3)26(25)24-14-20(15-28(24)27-16)19-6-10-22(30-4)11-7-19/h6-15H,1-5H3. The van der Waals surface area contributed by atoms with Gasteiger partial charge in [-0.2, -0.15) is 5.10 Å². The predicted octanol–water partition coefficient (Wildman–Crippen LogP) is 5.89. The van der Waals surface area contributed by atoms with Gasteiger partial charge in [0, 0.05) is 39.6 Å². The van der Waals surface area contributed by atoms with Crippen LogP contribution in [0.15, 0.2) is 60.8 Å². The highest BCUT2D eigenvalue weighted by molar-refractivity contribution is 6.02. The van der Waals surface area contributed by atoms with Gasteiger partial charge in [0.05, 0.1) is 25.4 Å². The lowest BCUT2D eigenvalue weighted by Gasteiger charge is -2.10. The van der Waals surface area contributed by atoms with Crippen LogP contribution in [0, 0.1) is 20.8 Å². The van der Waals surface area contributed by atoms with Crippen molar-refractivity contribution in [1.29, 1.82) is 0 Å². The van der Waals surface area contributed by atoms with Crippen LogP contribution in [-0.2, 0) is 0 Å². The van der Waals surface area contributed by atoms with E-state index in [1.54, 1.807) is 14.2 Å². The van der Waals surface area contributed by atoms with Crippen LogP contribution in [0.1, 0.15) is 17.1 Å². The first-order valence-corrected chi connectivity index (χ1v) is 10.3. The van der Waals surface area contributed by atoms with Crippen molar-refractivity contribution in [2.45, 2.75) is 20.8 Å². The van der Waals surface area contributed by atoms with E-state index in [0.29, 0.717) is 0 Å². The largest absolute Gasteiger partial charge is 0.497 e. The van der Waals surface area contributed by atoms with Crippen molar-refractivity contribution in [3.8, 4) is 28.3 Å². The van der Waals surface area contributed by atoms with E-state index < -0.39 is 0 Å². The van der Waals surface area contributed by atoms with Crippen molar-refractivity contribution in [1.82, 2.24) is 14.2 Å². The lowest BCUT2D eigenvalue weighted by Crippen LogP contribution is -1.98. The first-order valence-electron chi connectivity index (χ1n) is 10.3. The van der Waals surface area contributed by atoms with E-state index in [0.717, 1.165) is 39.5 Å². The fraction of sp³-hybridized carbons (Fsp3) is 0.192. The number of benzene rings is 2. The minimum Gasteiger partial charge on any atom is -0.497 e. The summed E-state index contributed by atoms with van der Waals surface area (Å²) in [6, 6.07) is 18.6. The molecule has 5 nitrogen and oxygen atoms in total. The maximum absolute atomic E-state index is 5.33. The zero-order chi connectivity index (χ0) is 21.7. The number of hydrogen-bond donors (Lipinski definition) is 0. The number of aryl methyl sites for hydroxylation is 3. The topological polar surface area (TPSA) is 40.7 Å². The summed E-state index contributed by atoms with van der Waals surface area (Å²) in [5.74, 6) is 1.71. The molecule has 156 valence electrons. The third-order valence-corrected chi connectivity index (χ3v) is 6.07. The van der Waals surface area contributed by atoms with Crippen LogP contribution in [-0.4, -0.2) is 28.4 Å². The van der Waals surface area contributed by atoms with Gasteiger partial charge in [-0.3, -0.25) is 0 Å². The van der Waals surface area contributed by atoms with Gasteiger partial charge in [0.1, 0.15) is 11.5 Å². The van der Waals surface area contributed by atoms with Gasteiger partial charge >= 0.3 is 0 Å². The van der Waals surface area contributed by atoms with Gasteiger partial charge in [-0.25, -0.2) is 4.52 Å². The van der Waals surface area contributed by atoms with E-state index >= 15 is 0 Å². The number of nitrogens with zero attached hydrogens (tertiary/aromatic N) is 3. The fourth-order valence-electron chi connectivity index (χ4n) is 4.59. The lowest BCUT2D eigenvalue weighted by molar-refractivity contribution is 0.414. The maximum atomic E-state index is 5.33. The molecule has 0 aliphatic heterocycles. The van der Waals surface area contributed by atoms with Gasteiger partial charge in [0.2, 0.25) is 0 Å². The zero-order valence-electron chi connectivity index (χ0n) is 18.4. The van der Waals surface area contributed by atoms with Gasteiger partial charge in [0.15, 0.2) is 0 Å². The fourth-order valence-corrected chi connectivity index (χ4v) is 4.59. The molecule has 2 aromatic carbocycles. The van der Waals surface area contributed by atoms with Crippen molar-refractivity contribution in [3.63, 3.8) is 0 Å². The highest BCUT2D eigenvalue weighted by Gasteiger charge is 2.19. The van der Waals surface area contributed by atoms with E-state index in [9.17, 15) is 0 Å². The predicted molar refractivity (Wildman–Crippen MR) is 125 cm³/mol. The number of aromatic nitrogens is 3. The molecule has 5 heteroatoms. The Bertz CT molecular complexity index is 1410. The Morgan fingerprint density at radius 3 is 1.90 bits per heavy atom. The summed E-state index contributed by atoms with van der Waals surface area (Å²) in [6.45, 7) is 6.43. The van der Waals surface area contributed by atoms with E-state index in [2.05, 4.69) is 61.9 Å². The molecule has 0 radical (unpaired) electrons. The van der Waals surface area contributed by atoms with Gasteiger partial charge < -0.3 is 14.0 Å². The van der Waals surface area contributed by atoms with Crippen molar-refractivity contribution in [2.75, 3.05) is 14.2 Å². The van der Waals surface area contributed by atoms with Gasteiger partial charge in [-0.1, -0.05) is 12.1 Å². The minimum absolute atomic E-state index is 0.853. The molecule has 0 bridgehead atoms. The van der Waals surface area contributed by atoms with Crippen LogP contribution in [0.2, 0.25) is 0 Å². The zero-order valence-corrected chi connectivity index (χ0v) is 18.4. The second-order valence-corrected chi connectivity index (χ2v) is 7.83. The molecule has 31 heavy (non-hydrogen) atoms. The first-order chi connectivity index (χ1) is 15.0.